The SMILES string of the molecule is CCCOCCC(=O)NCCCO[C@@H]1OC(CO)[C@@H](O[C@@H]2OC(CO)[C@H](O)C(O[C@H]3OC(CO)[C@H](O)C(O)C3O)C2O)C(O)C1NC(C)=O. The van der Waals surface area contributed by atoms with Crippen molar-refractivity contribution in [2.45, 2.75) is 125 Å². The van der Waals surface area contributed by atoms with Crippen molar-refractivity contribution in [2.75, 3.05) is 46.2 Å². The zero-order chi connectivity index (χ0) is 36.2. The second-order valence-electron chi connectivity index (χ2n) is 12.0. The van der Waals surface area contributed by atoms with Crippen molar-refractivity contribution in [2.24, 2.45) is 0 Å². The zero-order valence-electron chi connectivity index (χ0n) is 27.4. The van der Waals surface area contributed by atoms with Gasteiger partial charge in [0, 0.05) is 26.5 Å². The van der Waals surface area contributed by atoms with Gasteiger partial charge in [-0.15, -0.1) is 0 Å². The normalized spacial score (nSPS) is 39.8. The molecule has 9 unspecified atom stereocenters. The van der Waals surface area contributed by atoms with E-state index in [2.05, 4.69) is 10.6 Å². The van der Waals surface area contributed by atoms with E-state index in [-0.39, 0.29) is 25.5 Å². The maximum absolute atomic E-state index is 12.0. The van der Waals surface area contributed by atoms with Crippen LogP contribution in [0.4, 0.5) is 0 Å². The van der Waals surface area contributed by atoms with Crippen LogP contribution in [0.15, 0.2) is 0 Å². The summed E-state index contributed by atoms with van der Waals surface area (Å²) in [7, 11) is 0. The van der Waals surface area contributed by atoms with Crippen LogP contribution in [0.1, 0.15) is 33.1 Å². The Hall–Kier alpha value is -1.70. The van der Waals surface area contributed by atoms with Gasteiger partial charge in [-0.2, -0.15) is 0 Å². The lowest BCUT2D eigenvalue weighted by Gasteiger charge is -2.48. The molecule has 0 aromatic rings. The maximum Gasteiger partial charge on any atom is 0.222 e. The minimum Gasteiger partial charge on any atom is -0.394 e. The minimum atomic E-state index is -1.93. The van der Waals surface area contributed by atoms with Gasteiger partial charge in [-0.05, 0) is 12.8 Å². The van der Waals surface area contributed by atoms with Gasteiger partial charge < -0.3 is 89.8 Å². The number of rotatable bonds is 18. The van der Waals surface area contributed by atoms with Crippen LogP contribution >= 0.6 is 0 Å². The second kappa shape index (κ2) is 20.4. The third kappa shape index (κ3) is 11.1. The molecular formula is C29H52N2O18. The first kappa shape index (κ1) is 41.7. The Bertz CT molecular complexity index is 997. The lowest BCUT2D eigenvalue weighted by Crippen LogP contribution is -2.68. The Morgan fingerprint density at radius 3 is 1.88 bits per heavy atom. The number of hydrogen-bond donors (Lipinski definition) is 11. The average molecular weight is 717 g/mol. The van der Waals surface area contributed by atoms with E-state index in [0.29, 0.717) is 19.6 Å². The molecule has 3 aliphatic heterocycles. The molecule has 3 saturated heterocycles. The van der Waals surface area contributed by atoms with E-state index in [0.717, 1.165) is 6.42 Å². The second-order valence-corrected chi connectivity index (χ2v) is 12.0. The molecule has 0 spiro atoms. The highest BCUT2D eigenvalue weighted by molar-refractivity contribution is 5.75. The quantitative estimate of drug-likeness (QED) is 0.0588. The number of aliphatic hydroxyl groups excluding tert-OH is 9. The predicted molar refractivity (Wildman–Crippen MR) is 160 cm³/mol. The third-order valence-corrected chi connectivity index (χ3v) is 8.22. The highest BCUT2D eigenvalue weighted by atomic mass is 16.8. The Labute approximate surface area is 282 Å². The van der Waals surface area contributed by atoms with Gasteiger partial charge in [0.2, 0.25) is 11.8 Å². The fourth-order valence-electron chi connectivity index (χ4n) is 5.58. The van der Waals surface area contributed by atoms with Crippen molar-refractivity contribution in [1.29, 1.82) is 0 Å². The summed E-state index contributed by atoms with van der Waals surface area (Å²) < 4.78 is 39.1. The van der Waals surface area contributed by atoms with E-state index in [1.165, 1.54) is 6.92 Å². The molecule has 11 N–H and O–H groups in total. The molecule has 0 aromatic heterocycles. The summed E-state index contributed by atoms with van der Waals surface area (Å²) in [5, 5.41) is 98.6. The summed E-state index contributed by atoms with van der Waals surface area (Å²) in [6, 6.07) is -1.27. The number of nitrogens with one attached hydrogen (secondary N) is 2. The van der Waals surface area contributed by atoms with E-state index in [1.807, 2.05) is 6.92 Å². The Kier molecular flexibility index (Phi) is 17.3. The molecule has 0 aromatic carbocycles. The fraction of sp³-hybridized carbons (Fsp3) is 0.931. The van der Waals surface area contributed by atoms with Gasteiger partial charge >= 0.3 is 0 Å². The Morgan fingerprint density at radius 1 is 0.673 bits per heavy atom. The van der Waals surface area contributed by atoms with Gasteiger partial charge in [0.15, 0.2) is 18.9 Å². The molecule has 15 atom stereocenters. The summed E-state index contributed by atoms with van der Waals surface area (Å²) in [5.74, 6) is -0.786. The maximum atomic E-state index is 12.0. The molecule has 0 saturated carbocycles. The van der Waals surface area contributed by atoms with Crippen LogP contribution in [0.2, 0.25) is 0 Å². The van der Waals surface area contributed by atoms with Crippen molar-refractivity contribution >= 4 is 11.8 Å². The first-order valence-electron chi connectivity index (χ1n) is 16.3. The monoisotopic (exact) mass is 716 g/mol. The Balaban J connectivity index is 1.67. The molecule has 0 bridgehead atoms. The Morgan fingerprint density at radius 2 is 1.27 bits per heavy atom. The molecule has 3 fully saturated rings. The van der Waals surface area contributed by atoms with Crippen molar-refractivity contribution in [3.8, 4) is 0 Å². The lowest BCUT2D eigenvalue weighted by atomic mass is 9.95. The van der Waals surface area contributed by atoms with Gasteiger partial charge in [-0.1, -0.05) is 6.92 Å². The van der Waals surface area contributed by atoms with Crippen molar-refractivity contribution < 1.29 is 88.7 Å². The van der Waals surface area contributed by atoms with E-state index in [9.17, 15) is 55.5 Å². The average Bonchev–Trinajstić information content (AvgIpc) is 3.08. The summed E-state index contributed by atoms with van der Waals surface area (Å²) >= 11 is 0. The van der Waals surface area contributed by atoms with Crippen LogP contribution in [0.3, 0.4) is 0 Å². The number of carbonyl (C=O) groups is 2. The highest BCUT2D eigenvalue weighted by Gasteiger charge is 2.54. The van der Waals surface area contributed by atoms with Gasteiger partial charge in [-0.3, -0.25) is 9.59 Å². The molecule has 49 heavy (non-hydrogen) atoms. The summed E-state index contributed by atoms with van der Waals surface area (Å²) in [6.07, 6.45) is -21.7. The molecule has 2 amide bonds. The number of hydrogen-bond acceptors (Lipinski definition) is 18. The van der Waals surface area contributed by atoms with E-state index < -0.39 is 118 Å². The molecule has 0 aliphatic carbocycles. The highest BCUT2D eigenvalue weighted by Crippen LogP contribution is 2.32. The first-order chi connectivity index (χ1) is 23.4. The number of ether oxygens (including phenoxy) is 7. The smallest absolute Gasteiger partial charge is 0.222 e. The number of amides is 2. The third-order valence-electron chi connectivity index (χ3n) is 8.22. The molecule has 3 aliphatic rings. The van der Waals surface area contributed by atoms with Crippen LogP contribution in [0, 0.1) is 0 Å². The molecule has 3 heterocycles. The van der Waals surface area contributed by atoms with Crippen molar-refractivity contribution in [3.63, 3.8) is 0 Å². The molecular weight excluding hydrogens is 664 g/mol. The predicted octanol–water partition coefficient (Wildman–Crippen LogP) is -6.08. The lowest BCUT2D eigenvalue weighted by molar-refractivity contribution is -0.376. The van der Waals surface area contributed by atoms with Crippen molar-refractivity contribution in [1.82, 2.24) is 10.6 Å². The number of aliphatic hydroxyl groups is 9. The van der Waals surface area contributed by atoms with Crippen LogP contribution in [-0.4, -0.2) is 196 Å². The topological polar surface area (TPSA) is 305 Å². The van der Waals surface area contributed by atoms with E-state index >= 15 is 0 Å². The summed E-state index contributed by atoms with van der Waals surface area (Å²) in [4.78, 5) is 24.0. The summed E-state index contributed by atoms with van der Waals surface area (Å²) in [5.41, 5.74) is 0. The van der Waals surface area contributed by atoms with E-state index in [4.69, 9.17) is 33.2 Å². The van der Waals surface area contributed by atoms with Crippen LogP contribution in [0.25, 0.3) is 0 Å². The standard InChI is InChI=1S/C29H52N2O18/c1-3-7-43-9-5-17(36)30-6-4-8-44-27-18(31-13(2)35)21(39)25(16(12-34)47-27)48-29-24(42)26(20(38)15(11-33)46-29)49-28-23(41)22(40)19(37)14(10-32)45-28/h14-16,18-29,32-34,37-42H,3-12H2,1-2H3,(H,30,36)(H,31,35)/t14?,15?,16?,18?,19-,20-,21?,22?,23?,24?,25+,26?,27+,28+,29-/m0/s1. The van der Waals surface area contributed by atoms with Crippen LogP contribution < -0.4 is 10.6 Å². The van der Waals surface area contributed by atoms with Gasteiger partial charge in [0.1, 0.15) is 73.2 Å². The van der Waals surface area contributed by atoms with Gasteiger partial charge in [0.05, 0.1) is 33.0 Å². The number of carbonyl (C=O) groups excluding carboxylic acids is 2. The largest absolute Gasteiger partial charge is 0.394 e. The minimum absolute atomic E-state index is 0.0151. The van der Waals surface area contributed by atoms with Crippen LogP contribution in [-0.2, 0) is 42.7 Å². The van der Waals surface area contributed by atoms with Gasteiger partial charge in [0.25, 0.3) is 0 Å². The summed E-state index contributed by atoms with van der Waals surface area (Å²) in [6.45, 7) is 1.92. The molecule has 286 valence electrons. The zero-order valence-corrected chi connectivity index (χ0v) is 27.4. The molecule has 0 radical (unpaired) electrons. The van der Waals surface area contributed by atoms with E-state index in [1.54, 1.807) is 0 Å². The molecule has 3 rings (SSSR count). The van der Waals surface area contributed by atoms with Crippen LogP contribution in [0.5, 0.6) is 0 Å². The fourth-order valence-corrected chi connectivity index (χ4v) is 5.58. The molecule has 20 heteroatoms. The van der Waals surface area contributed by atoms with Crippen molar-refractivity contribution in [3.05, 3.63) is 0 Å². The van der Waals surface area contributed by atoms with Gasteiger partial charge in [-0.25, -0.2) is 0 Å². The molecule has 20 nitrogen and oxygen atoms in total. The first-order valence-corrected chi connectivity index (χ1v) is 16.3.